The van der Waals surface area contributed by atoms with Crippen molar-refractivity contribution in [3.8, 4) is 0 Å². The second kappa shape index (κ2) is 8.80. The second-order valence-corrected chi connectivity index (χ2v) is 7.54. The lowest BCUT2D eigenvalue weighted by atomic mass is 10.1. The van der Waals surface area contributed by atoms with Gasteiger partial charge in [0.1, 0.15) is 4.88 Å². The number of rotatable bonds is 7. The van der Waals surface area contributed by atoms with Gasteiger partial charge in [-0.25, -0.2) is 9.78 Å². The maximum Gasteiger partial charge on any atom is 0.351 e. The van der Waals surface area contributed by atoms with E-state index in [1.807, 2.05) is 38.1 Å². The number of hydrogen-bond donors (Lipinski definition) is 2. The molecule has 0 radical (unpaired) electrons. The summed E-state index contributed by atoms with van der Waals surface area (Å²) in [6.07, 6.45) is 0.630. The van der Waals surface area contributed by atoms with E-state index >= 15 is 0 Å². The van der Waals surface area contributed by atoms with Gasteiger partial charge in [0.15, 0.2) is 11.2 Å². The van der Waals surface area contributed by atoms with E-state index in [4.69, 9.17) is 10.5 Å². The van der Waals surface area contributed by atoms with Gasteiger partial charge in [0.05, 0.1) is 5.69 Å². The largest absolute Gasteiger partial charge is 0.448 e. The molecule has 0 spiro atoms. The van der Waals surface area contributed by atoms with E-state index in [2.05, 4.69) is 17.2 Å². The first kappa shape index (κ1) is 19.9. The molecule has 0 bridgehead atoms. The summed E-state index contributed by atoms with van der Waals surface area (Å²) >= 11 is 1.09. The molecule has 26 heavy (non-hydrogen) atoms. The van der Waals surface area contributed by atoms with E-state index in [1.165, 1.54) is 5.56 Å². The van der Waals surface area contributed by atoms with Crippen molar-refractivity contribution < 1.29 is 14.3 Å². The topological polar surface area (TPSA) is 94.3 Å². The number of carbonyl (C=O) groups is 2. The Morgan fingerprint density at radius 3 is 2.46 bits per heavy atom. The first-order chi connectivity index (χ1) is 12.3. The first-order valence-corrected chi connectivity index (χ1v) is 9.47. The number of carbonyl (C=O) groups excluding carboxylic acids is 2. The van der Waals surface area contributed by atoms with Crippen LogP contribution in [0.15, 0.2) is 24.3 Å². The Hall–Kier alpha value is -2.41. The molecule has 1 aromatic carbocycles. The van der Waals surface area contributed by atoms with Gasteiger partial charge in [0, 0.05) is 5.69 Å². The number of nitrogens with one attached hydrogen (secondary N) is 1. The van der Waals surface area contributed by atoms with Gasteiger partial charge in [-0.15, -0.1) is 0 Å². The molecule has 7 heteroatoms. The van der Waals surface area contributed by atoms with E-state index in [-0.39, 0.29) is 5.91 Å². The summed E-state index contributed by atoms with van der Waals surface area (Å²) in [5.41, 5.74) is 8.20. The lowest BCUT2D eigenvalue weighted by Gasteiger charge is -2.14. The third-order valence-corrected chi connectivity index (χ3v) is 4.69. The van der Waals surface area contributed by atoms with Gasteiger partial charge in [-0.2, -0.15) is 0 Å². The lowest BCUT2D eigenvalue weighted by Crippen LogP contribution is -2.30. The summed E-state index contributed by atoms with van der Waals surface area (Å²) in [5, 5.41) is 3.07. The summed E-state index contributed by atoms with van der Waals surface area (Å²) in [6, 6.07) is 7.56. The van der Waals surface area contributed by atoms with Crippen molar-refractivity contribution in [2.45, 2.75) is 46.6 Å². The minimum absolute atomic E-state index is 0.320. The van der Waals surface area contributed by atoms with Crippen LogP contribution < -0.4 is 11.1 Å². The molecule has 2 rings (SSSR count). The summed E-state index contributed by atoms with van der Waals surface area (Å²) < 4.78 is 5.31. The lowest BCUT2D eigenvalue weighted by molar-refractivity contribution is -0.123. The van der Waals surface area contributed by atoms with Crippen molar-refractivity contribution in [1.82, 2.24) is 4.98 Å². The van der Waals surface area contributed by atoms with Crippen molar-refractivity contribution in [2.24, 2.45) is 5.92 Å². The fraction of sp³-hybridized carbons (Fsp3) is 0.421. The van der Waals surface area contributed by atoms with Gasteiger partial charge in [-0.3, -0.25) is 4.79 Å². The molecule has 0 saturated carbocycles. The van der Waals surface area contributed by atoms with Crippen molar-refractivity contribution >= 4 is 34.0 Å². The Balaban J connectivity index is 2.00. The average molecular weight is 375 g/mol. The molecule has 1 atom stereocenters. The van der Waals surface area contributed by atoms with Crippen LogP contribution in [-0.4, -0.2) is 23.0 Å². The molecule has 0 fully saturated rings. The molecule has 0 aliphatic rings. The Morgan fingerprint density at radius 1 is 1.23 bits per heavy atom. The molecule has 1 amide bonds. The van der Waals surface area contributed by atoms with Crippen molar-refractivity contribution in [3.05, 3.63) is 40.4 Å². The number of nitrogens with zero attached hydrogens (tertiary/aromatic N) is 1. The van der Waals surface area contributed by atoms with Gasteiger partial charge in [0.2, 0.25) is 0 Å². The zero-order valence-electron chi connectivity index (χ0n) is 15.5. The van der Waals surface area contributed by atoms with Crippen molar-refractivity contribution in [2.75, 3.05) is 11.1 Å². The standard InChI is InChI=1S/C19H25N3O3S/c1-5-13-6-8-14(9-7-13)21-17(23)12(4)25-18(24)16-15(10-11(2)3)22-19(20)26-16/h6-9,11-12H,5,10H2,1-4H3,(H2,20,22)(H,21,23)/t12-/m1/s1. The molecule has 0 aliphatic heterocycles. The van der Waals surface area contributed by atoms with Crippen molar-refractivity contribution in [3.63, 3.8) is 0 Å². The monoisotopic (exact) mass is 375 g/mol. The first-order valence-electron chi connectivity index (χ1n) is 8.66. The number of aryl methyl sites for hydroxylation is 1. The Kier molecular flexibility index (Phi) is 6.74. The highest BCUT2D eigenvalue weighted by atomic mass is 32.1. The Labute approximate surface area is 157 Å². The molecule has 1 aromatic heterocycles. The average Bonchev–Trinajstić information content (AvgIpc) is 2.95. The molecule has 0 unspecified atom stereocenters. The predicted octanol–water partition coefficient (Wildman–Crippen LogP) is 3.67. The zero-order valence-corrected chi connectivity index (χ0v) is 16.4. The number of benzene rings is 1. The summed E-state index contributed by atoms with van der Waals surface area (Å²) in [6.45, 7) is 7.67. The Morgan fingerprint density at radius 2 is 1.88 bits per heavy atom. The van der Waals surface area contributed by atoms with E-state index in [0.29, 0.717) is 33.7 Å². The molecule has 140 valence electrons. The van der Waals surface area contributed by atoms with Gasteiger partial charge in [-0.1, -0.05) is 44.2 Å². The number of ether oxygens (including phenoxy) is 1. The van der Waals surface area contributed by atoms with Crippen molar-refractivity contribution in [1.29, 1.82) is 0 Å². The minimum atomic E-state index is -0.927. The summed E-state index contributed by atoms with van der Waals surface area (Å²) in [5.74, 6) is -0.626. The van der Waals surface area contributed by atoms with Crippen LogP contribution in [0, 0.1) is 5.92 Å². The number of hydrogen-bond acceptors (Lipinski definition) is 6. The van der Waals surface area contributed by atoms with Crippen LogP contribution in [0.3, 0.4) is 0 Å². The fourth-order valence-electron chi connectivity index (χ4n) is 2.39. The number of nitrogen functional groups attached to an aromatic ring is 1. The summed E-state index contributed by atoms with van der Waals surface area (Å²) in [7, 11) is 0. The van der Waals surface area contributed by atoms with E-state index in [9.17, 15) is 9.59 Å². The van der Waals surface area contributed by atoms with Gasteiger partial charge >= 0.3 is 5.97 Å². The van der Waals surface area contributed by atoms with Crippen LogP contribution in [0.2, 0.25) is 0 Å². The highest BCUT2D eigenvalue weighted by Crippen LogP contribution is 2.24. The van der Waals surface area contributed by atoms with Gasteiger partial charge < -0.3 is 15.8 Å². The minimum Gasteiger partial charge on any atom is -0.448 e. The molecule has 0 aliphatic carbocycles. The van der Waals surface area contributed by atoms with Crippen LogP contribution in [0.25, 0.3) is 0 Å². The fourth-order valence-corrected chi connectivity index (χ4v) is 3.13. The SMILES string of the molecule is CCc1ccc(NC(=O)[C@@H](C)OC(=O)c2sc(N)nc2CC(C)C)cc1. The maximum atomic E-state index is 12.4. The van der Waals surface area contributed by atoms with Gasteiger partial charge in [0.25, 0.3) is 5.91 Å². The van der Waals surface area contributed by atoms with Gasteiger partial charge in [-0.05, 0) is 43.4 Å². The highest BCUT2D eigenvalue weighted by Gasteiger charge is 2.24. The van der Waals surface area contributed by atoms with Crippen LogP contribution >= 0.6 is 11.3 Å². The molecule has 0 saturated heterocycles. The second-order valence-electron chi connectivity index (χ2n) is 6.51. The van der Waals surface area contributed by atoms with E-state index < -0.39 is 12.1 Å². The van der Waals surface area contributed by atoms with E-state index in [0.717, 1.165) is 17.8 Å². The number of amides is 1. The smallest absolute Gasteiger partial charge is 0.351 e. The number of aromatic nitrogens is 1. The third-order valence-electron chi connectivity index (χ3n) is 3.78. The quantitative estimate of drug-likeness (QED) is 0.720. The molecule has 2 aromatic rings. The highest BCUT2D eigenvalue weighted by molar-refractivity contribution is 7.17. The molecular weight excluding hydrogens is 350 g/mol. The van der Waals surface area contributed by atoms with Crippen LogP contribution in [-0.2, 0) is 22.4 Å². The summed E-state index contributed by atoms with van der Waals surface area (Å²) in [4.78, 5) is 29.3. The van der Waals surface area contributed by atoms with E-state index in [1.54, 1.807) is 6.92 Å². The predicted molar refractivity (Wildman–Crippen MR) is 104 cm³/mol. The van der Waals surface area contributed by atoms with Crippen LogP contribution in [0.4, 0.5) is 10.8 Å². The number of nitrogens with two attached hydrogens (primary N) is 1. The third kappa shape index (κ3) is 5.29. The number of anilines is 2. The molecule has 6 nitrogen and oxygen atoms in total. The van der Waals surface area contributed by atoms with Crippen LogP contribution in [0.1, 0.15) is 48.6 Å². The molecule has 3 N–H and O–H groups in total. The number of esters is 1. The Bertz CT molecular complexity index is 769. The zero-order chi connectivity index (χ0) is 19.3. The molecular formula is C19H25N3O3S. The molecule has 1 heterocycles. The normalized spacial score (nSPS) is 12.0. The number of thiazole rings is 1. The van der Waals surface area contributed by atoms with Crippen LogP contribution in [0.5, 0.6) is 0 Å². The maximum absolute atomic E-state index is 12.4.